The molecule has 0 spiro atoms. The maximum absolute atomic E-state index is 11.4. The van der Waals surface area contributed by atoms with Gasteiger partial charge in [0.05, 0.1) is 18.7 Å². The molecule has 0 radical (unpaired) electrons. The second kappa shape index (κ2) is 5.44. The Morgan fingerprint density at radius 1 is 1.67 bits per heavy atom. The molecule has 0 saturated heterocycles. The first kappa shape index (κ1) is 11.6. The number of nitrogens with one attached hydrogen (secondary N) is 1. The van der Waals surface area contributed by atoms with Crippen molar-refractivity contribution in [1.82, 2.24) is 4.98 Å². The summed E-state index contributed by atoms with van der Waals surface area (Å²) < 4.78 is 4.75. The van der Waals surface area contributed by atoms with Gasteiger partial charge in [-0.25, -0.2) is 0 Å². The van der Waals surface area contributed by atoms with E-state index in [0.717, 1.165) is 12.1 Å². The summed E-state index contributed by atoms with van der Waals surface area (Å²) in [6, 6.07) is 1.98. The predicted octanol–water partition coefficient (Wildman–Crippen LogP) is 1.65. The van der Waals surface area contributed by atoms with Crippen molar-refractivity contribution in [1.29, 1.82) is 0 Å². The van der Waals surface area contributed by atoms with Crippen LogP contribution in [0.2, 0.25) is 0 Å². The van der Waals surface area contributed by atoms with Gasteiger partial charge in [-0.2, -0.15) is 0 Å². The topological polar surface area (TPSA) is 45.3 Å². The first-order chi connectivity index (χ1) is 7.19. The number of aromatic amines is 1. The smallest absolute Gasteiger partial charge is 0.310 e. The van der Waals surface area contributed by atoms with Gasteiger partial charge in [0.1, 0.15) is 0 Å². The fourth-order valence-corrected chi connectivity index (χ4v) is 1.53. The minimum atomic E-state index is -0.139. The Morgan fingerprint density at radius 3 is 2.87 bits per heavy atom. The van der Waals surface area contributed by atoms with E-state index in [1.165, 1.54) is 7.11 Å². The lowest BCUT2D eigenvalue weighted by molar-refractivity contribution is -0.145. The number of hydrogen-bond acceptors (Lipinski definition) is 3. The van der Waals surface area contributed by atoms with Crippen molar-refractivity contribution in [3.05, 3.63) is 18.5 Å². The standard InChI is InChI=1S/C11H18N2O2/c1-4-9(11(14)15-3)8-13(2)10-5-6-12-7-10/h5-7,9,12H,4,8H2,1-3H3. The summed E-state index contributed by atoms with van der Waals surface area (Å²) >= 11 is 0. The largest absolute Gasteiger partial charge is 0.469 e. The molecule has 0 fully saturated rings. The number of anilines is 1. The Labute approximate surface area is 90.2 Å². The second-order valence-corrected chi connectivity index (χ2v) is 3.58. The van der Waals surface area contributed by atoms with E-state index in [-0.39, 0.29) is 11.9 Å². The van der Waals surface area contributed by atoms with E-state index in [1.54, 1.807) is 0 Å². The number of ether oxygens (including phenoxy) is 1. The molecule has 1 unspecified atom stereocenters. The number of hydrogen-bond donors (Lipinski definition) is 1. The van der Waals surface area contributed by atoms with E-state index in [9.17, 15) is 4.79 Å². The zero-order chi connectivity index (χ0) is 11.3. The molecule has 4 nitrogen and oxygen atoms in total. The number of carbonyl (C=O) groups is 1. The van der Waals surface area contributed by atoms with Crippen LogP contribution in [0.1, 0.15) is 13.3 Å². The molecule has 1 heterocycles. The first-order valence-electron chi connectivity index (χ1n) is 5.10. The predicted molar refractivity (Wildman–Crippen MR) is 59.9 cm³/mol. The highest BCUT2D eigenvalue weighted by atomic mass is 16.5. The number of esters is 1. The summed E-state index contributed by atoms with van der Waals surface area (Å²) in [5.74, 6) is -0.199. The third kappa shape index (κ3) is 3.01. The lowest BCUT2D eigenvalue weighted by Gasteiger charge is -2.22. The van der Waals surface area contributed by atoms with Gasteiger partial charge in [-0.15, -0.1) is 0 Å². The highest BCUT2D eigenvalue weighted by Gasteiger charge is 2.19. The quantitative estimate of drug-likeness (QED) is 0.752. The summed E-state index contributed by atoms with van der Waals surface area (Å²) in [6.07, 6.45) is 4.57. The zero-order valence-corrected chi connectivity index (χ0v) is 9.49. The number of carbonyl (C=O) groups excluding carboxylic acids is 1. The van der Waals surface area contributed by atoms with Crippen molar-refractivity contribution in [2.24, 2.45) is 5.92 Å². The third-order valence-corrected chi connectivity index (χ3v) is 2.54. The highest BCUT2D eigenvalue weighted by molar-refractivity contribution is 5.73. The maximum atomic E-state index is 11.4. The molecule has 1 atom stereocenters. The van der Waals surface area contributed by atoms with Gasteiger partial charge >= 0.3 is 5.97 Å². The van der Waals surface area contributed by atoms with Crippen LogP contribution >= 0.6 is 0 Å². The first-order valence-corrected chi connectivity index (χ1v) is 5.10. The van der Waals surface area contributed by atoms with Gasteiger partial charge in [0, 0.05) is 26.0 Å². The van der Waals surface area contributed by atoms with Crippen molar-refractivity contribution in [2.45, 2.75) is 13.3 Å². The van der Waals surface area contributed by atoms with Crippen LogP contribution in [0.3, 0.4) is 0 Å². The van der Waals surface area contributed by atoms with E-state index in [1.807, 2.05) is 37.3 Å². The Balaban J connectivity index is 2.56. The SMILES string of the molecule is CCC(CN(C)c1cc[nH]c1)C(=O)OC. The number of H-pyrrole nitrogens is 1. The molecule has 1 aromatic heterocycles. The average molecular weight is 210 g/mol. The van der Waals surface area contributed by atoms with E-state index >= 15 is 0 Å². The molecule has 1 aromatic rings. The molecule has 0 aliphatic heterocycles. The Morgan fingerprint density at radius 2 is 2.40 bits per heavy atom. The highest BCUT2D eigenvalue weighted by Crippen LogP contribution is 2.14. The van der Waals surface area contributed by atoms with Gasteiger partial charge in [-0.1, -0.05) is 6.92 Å². The molecule has 84 valence electrons. The number of rotatable bonds is 5. The third-order valence-electron chi connectivity index (χ3n) is 2.54. The molecule has 1 rings (SSSR count). The monoisotopic (exact) mass is 210 g/mol. The fourth-order valence-electron chi connectivity index (χ4n) is 1.53. The van der Waals surface area contributed by atoms with Gasteiger partial charge < -0.3 is 14.6 Å². The van der Waals surface area contributed by atoms with Crippen LogP contribution < -0.4 is 4.90 Å². The van der Waals surface area contributed by atoms with Crippen molar-refractivity contribution in [2.75, 3.05) is 25.6 Å². The lowest BCUT2D eigenvalue weighted by Crippen LogP contribution is -2.30. The van der Waals surface area contributed by atoms with Crippen molar-refractivity contribution in [3.63, 3.8) is 0 Å². The number of methoxy groups -OCH3 is 1. The average Bonchev–Trinajstić information content (AvgIpc) is 2.77. The second-order valence-electron chi connectivity index (χ2n) is 3.58. The van der Waals surface area contributed by atoms with Gasteiger partial charge in [0.2, 0.25) is 0 Å². The van der Waals surface area contributed by atoms with Gasteiger partial charge in [-0.3, -0.25) is 4.79 Å². The molecule has 15 heavy (non-hydrogen) atoms. The molecule has 4 heteroatoms. The summed E-state index contributed by atoms with van der Waals surface area (Å²) in [5.41, 5.74) is 1.08. The lowest BCUT2D eigenvalue weighted by atomic mass is 10.1. The molecule has 1 N–H and O–H groups in total. The minimum Gasteiger partial charge on any atom is -0.469 e. The van der Waals surface area contributed by atoms with E-state index in [2.05, 4.69) is 4.98 Å². The molecule has 0 amide bonds. The van der Waals surface area contributed by atoms with Crippen LogP contribution in [-0.2, 0) is 9.53 Å². The normalized spacial score (nSPS) is 12.2. The Bertz CT molecular complexity index is 296. The zero-order valence-electron chi connectivity index (χ0n) is 9.49. The van der Waals surface area contributed by atoms with Crippen molar-refractivity contribution < 1.29 is 9.53 Å². The van der Waals surface area contributed by atoms with Gasteiger partial charge in [-0.05, 0) is 12.5 Å². The summed E-state index contributed by atoms with van der Waals surface area (Å²) in [4.78, 5) is 16.4. The van der Waals surface area contributed by atoms with Crippen LogP contribution in [0, 0.1) is 5.92 Å². The Kier molecular flexibility index (Phi) is 4.21. The van der Waals surface area contributed by atoms with Crippen LogP contribution in [0.15, 0.2) is 18.5 Å². The van der Waals surface area contributed by atoms with E-state index < -0.39 is 0 Å². The van der Waals surface area contributed by atoms with Gasteiger partial charge in [0.15, 0.2) is 0 Å². The fraction of sp³-hybridized carbons (Fsp3) is 0.545. The maximum Gasteiger partial charge on any atom is 0.310 e. The number of aromatic nitrogens is 1. The summed E-state index contributed by atoms with van der Waals surface area (Å²) in [7, 11) is 3.40. The summed E-state index contributed by atoms with van der Waals surface area (Å²) in [6.45, 7) is 2.67. The van der Waals surface area contributed by atoms with E-state index in [0.29, 0.717) is 6.54 Å². The molecule has 0 aromatic carbocycles. The number of nitrogens with zero attached hydrogens (tertiary/aromatic N) is 1. The summed E-state index contributed by atoms with van der Waals surface area (Å²) in [5, 5.41) is 0. The van der Waals surface area contributed by atoms with Crippen LogP contribution in [0.5, 0.6) is 0 Å². The molecule has 0 aliphatic carbocycles. The van der Waals surface area contributed by atoms with Crippen LogP contribution in [0.4, 0.5) is 5.69 Å². The molecule has 0 aliphatic rings. The molecular formula is C11H18N2O2. The van der Waals surface area contributed by atoms with Crippen molar-refractivity contribution in [3.8, 4) is 0 Å². The van der Waals surface area contributed by atoms with Gasteiger partial charge in [0.25, 0.3) is 0 Å². The van der Waals surface area contributed by atoms with Crippen LogP contribution in [-0.4, -0.2) is 31.7 Å². The molecule has 0 bridgehead atoms. The molecular weight excluding hydrogens is 192 g/mol. The minimum absolute atomic E-state index is 0.0603. The van der Waals surface area contributed by atoms with Crippen molar-refractivity contribution >= 4 is 11.7 Å². The Hall–Kier alpha value is -1.45. The van der Waals surface area contributed by atoms with E-state index in [4.69, 9.17) is 4.74 Å². The van der Waals surface area contributed by atoms with Crippen LogP contribution in [0.25, 0.3) is 0 Å². The molecule has 0 saturated carbocycles.